The highest BCUT2D eigenvalue weighted by Crippen LogP contribution is 2.31. The molecule has 0 aromatic heterocycles. The summed E-state index contributed by atoms with van der Waals surface area (Å²) in [6, 6.07) is 0.340. The maximum absolute atomic E-state index is 10.1. The van der Waals surface area contributed by atoms with E-state index in [1.54, 1.807) is 0 Å². The van der Waals surface area contributed by atoms with Gasteiger partial charge in [0.25, 0.3) is 0 Å². The number of nitrogens with two attached hydrogens (primary N) is 1. The molecule has 3 N–H and O–H groups in total. The van der Waals surface area contributed by atoms with Crippen LogP contribution in [0.25, 0.3) is 0 Å². The Balaban J connectivity index is 2.29. The SMILES string of the molecule is CCCCC1(O)CCC(N)CC1. The molecule has 0 aliphatic heterocycles. The van der Waals surface area contributed by atoms with E-state index in [9.17, 15) is 5.11 Å². The maximum atomic E-state index is 10.1. The van der Waals surface area contributed by atoms with Crippen molar-refractivity contribution in [3.05, 3.63) is 0 Å². The van der Waals surface area contributed by atoms with E-state index < -0.39 is 0 Å². The van der Waals surface area contributed by atoms with Crippen LogP contribution in [0.1, 0.15) is 51.9 Å². The zero-order chi connectivity index (χ0) is 9.03. The molecule has 0 radical (unpaired) electrons. The molecule has 72 valence electrons. The van der Waals surface area contributed by atoms with E-state index in [1.165, 1.54) is 6.42 Å². The first-order chi connectivity index (χ1) is 5.66. The van der Waals surface area contributed by atoms with Gasteiger partial charge in [-0.3, -0.25) is 0 Å². The predicted molar refractivity (Wildman–Crippen MR) is 50.9 cm³/mol. The van der Waals surface area contributed by atoms with Crippen LogP contribution in [0, 0.1) is 0 Å². The van der Waals surface area contributed by atoms with Crippen LogP contribution < -0.4 is 5.73 Å². The Labute approximate surface area is 75.2 Å². The van der Waals surface area contributed by atoms with Crippen molar-refractivity contribution in [2.24, 2.45) is 5.73 Å². The average molecular weight is 171 g/mol. The summed E-state index contributed by atoms with van der Waals surface area (Å²) in [6.07, 6.45) is 7.11. The maximum Gasteiger partial charge on any atom is 0.0649 e. The van der Waals surface area contributed by atoms with Gasteiger partial charge in [0.05, 0.1) is 5.60 Å². The Kier molecular flexibility index (Phi) is 3.53. The molecule has 1 aliphatic rings. The highest BCUT2D eigenvalue weighted by molar-refractivity contribution is 4.86. The minimum Gasteiger partial charge on any atom is -0.390 e. The molecule has 1 fully saturated rings. The number of aliphatic hydroxyl groups is 1. The van der Waals surface area contributed by atoms with Crippen molar-refractivity contribution in [1.29, 1.82) is 0 Å². The molecule has 0 amide bonds. The summed E-state index contributed by atoms with van der Waals surface area (Å²) in [7, 11) is 0. The molecule has 0 aromatic rings. The van der Waals surface area contributed by atoms with Crippen molar-refractivity contribution >= 4 is 0 Å². The molecule has 1 saturated carbocycles. The zero-order valence-corrected chi connectivity index (χ0v) is 8.05. The molecule has 0 spiro atoms. The largest absolute Gasteiger partial charge is 0.390 e. The lowest BCUT2D eigenvalue weighted by Crippen LogP contribution is -2.38. The van der Waals surface area contributed by atoms with Gasteiger partial charge >= 0.3 is 0 Å². The van der Waals surface area contributed by atoms with E-state index in [1.807, 2.05) is 0 Å². The third-order valence-corrected chi connectivity index (χ3v) is 2.96. The highest BCUT2D eigenvalue weighted by Gasteiger charge is 2.30. The van der Waals surface area contributed by atoms with Gasteiger partial charge in [0, 0.05) is 6.04 Å². The predicted octanol–water partition coefficient (Wildman–Crippen LogP) is 1.81. The first kappa shape index (κ1) is 10.0. The van der Waals surface area contributed by atoms with Crippen molar-refractivity contribution in [1.82, 2.24) is 0 Å². The second kappa shape index (κ2) is 4.24. The average Bonchev–Trinajstić information content (AvgIpc) is 2.08. The molecule has 1 rings (SSSR count). The lowest BCUT2D eigenvalue weighted by atomic mass is 9.79. The highest BCUT2D eigenvalue weighted by atomic mass is 16.3. The van der Waals surface area contributed by atoms with Gasteiger partial charge in [0.15, 0.2) is 0 Å². The second-order valence-electron chi connectivity index (χ2n) is 4.17. The van der Waals surface area contributed by atoms with Crippen LogP contribution in [-0.2, 0) is 0 Å². The molecular weight excluding hydrogens is 150 g/mol. The standard InChI is InChI=1S/C10H21NO/c1-2-3-6-10(12)7-4-9(11)5-8-10/h9,12H,2-8,11H2,1H3. The Morgan fingerprint density at radius 1 is 1.42 bits per heavy atom. The van der Waals surface area contributed by atoms with Crippen LogP contribution in [0.4, 0.5) is 0 Å². The van der Waals surface area contributed by atoms with Gasteiger partial charge in [-0.25, -0.2) is 0 Å². The molecule has 0 unspecified atom stereocenters. The molecule has 12 heavy (non-hydrogen) atoms. The summed E-state index contributed by atoms with van der Waals surface area (Å²) in [6.45, 7) is 2.16. The van der Waals surface area contributed by atoms with E-state index in [0.29, 0.717) is 6.04 Å². The van der Waals surface area contributed by atoms with Gasteiger partial charge in [-0.15, -0.1) is 0 Å². The first-order valence-electron chi connectivity index (χ1n) is 5.14. The smallest absolute Gasteiger partial charge is 0.0649 e. The van der Waals surface area contributed by atoms with E-state index >= 15 is 0 Å². The molecule has 2 heteroatoms. The summed E-state index contributed by atoms with van der Waals surface area (Å²) < 4.78 is 0. The van der Waals surface area contributed by atoms with Crippen molar-refractivity contribution in [3.63, 3.8) is 0 Å². The normalized spacial score (nSPS) is 36.8. The van der Waals surface area contributed by atoms with Crippen molar-refractivity contribution in [2.45, 2.75) is 63.5 Å². The van der Waals surface area contributed by atoms with Crippen molar-refractivity contribution in [2.75, 3.05) is 0 Å². The van der Waals surface area contributed by atoms with E-state index in [4.69, 9.17) is 5.73 Å². The number of rotatable bonds is 3. The summed E-state index contributed by atoms with van der Waals surface area (Å²) in [4.78, 5) is 0. The lowest BCUT2D eigenvalue weighted by molar-refractivity contribution is -0.00953. The topological polar surface area (TPSA) is 46.2 Å². The minimum atomic E-state index is -0.369. The van der Waals surface area contributed by atoms with Crippen molar-refractivity contribution in [3.8, 4) is 0 Å². The molecular formula is C10H21NO. The molecule has 0 aromatic carbocycles. The van der Waals surface area contributed by atoms with E-state index in [-0.39, 0.29) is 5.60 Å². The molecule has 0 atom stereocenters. The van der Waals surface area contributed by atoms with Gasteiger partial charge in [0.2, 0.25) is 0 Å². The van der Waals surface area contributed by atoms with Crippen molar-refractivity contribution < 1.29 is 5.11 Å². The molecule has 1 aliphatic carbocycles. The van der Waals surface area contributed by atoms with Crippen LogP contribution in [0.15, 0.2) is 0 Å². The van der Waals surface area contributed by atoms with Gasteiger partial charge in [-0.05, 0) is 32.1 Å². The number of hydrogen-bond donors (Lipinski definition) is 2. The Hall–Kier alpha value is -0.0800. The summed E-state index contributed by atoms with van der Waals surface area (Å²) in [5.74, 6) is 0. The van der Waals surface area contributed by atoms with Gasteiger partial charge in [0.1, 0.15) is 0 Å². The third-order valence-electron chi connectivity index (χ3n) is 2.96. The first-order valence-corrected chi connectivity index (χ1v) is 5.14. The fraction of sp³-hybridized carbons (Fsp3) is 1.00. The Bertz CT molecular complexity index is 122. The number of unbranched alkanes of at least 4 members (excludes halogenated alkanes) is 1. The van der Waals surface area contributed by atoms with Gasteiger partial charge in [-0.2, -0.15) is 0 Å². The lowest BCUT2D eigenvalue weighted by Gasteiger charge is -2.34. The fourth-order valence-electron chi connectivity index (χ4n) is 1.93. The minimum absolute atomic E-state index is 0.340. The quantitative estimate of drug-likeness (QED) is 0.680. The zero-order valence-electron chi connectivity index (χ0n) is 8.05. The Morgan fingerprint density at radius 2 is 2.00 bits per heavy atom. The van der Waals surface area contributed by atoms with Crippen LogP contribution >= 0.6 is 0 Å². The molecule has 0 saturated heterocycles. The van der Waals surface area contributed by atoms with Gasteiger partial charge in [-0.1, -0.05) is 19.8 Å². The summed E-state index contributed by atoms with van der Waals surface area (Å²) in [5.41, 5.74) is 5.40. The van der Waals surface area contributed by atoms with Crippen LogP contribution in [0.2, 0.25) is 0 Å². The second-order valence-corrected chi connectivity index (χ2v) is 4.17. The Morgan fingerprint density at radius 3 is 2.50 bits per heavy atom. The monoisotopic (exact) mass is 171 g/mol. The summed E-state index contributed by atoms with van der Waals surface area (Å²) in [5, 5.41) is 10.1. The molecule has 0 heterocycles. The number of hydrogen-bond acceptors (Lipinski definition) is 2. The van der Waals surface area contributed by atoms with E-state index in [2.05, 4.69) is 6.92 Å². The van der Waals surface area contributed by atoms with E-state index in [0.717, 1.165) is 38.5 Å². The van der Waals surface area contributed by atoms with Crippen LogP contribution in [0.5, 0.6) is 0 Å². The van der Waals surface area contributed by atoms with Crippen LogP contribution in [-0.4, -0.2) is 16.7 Å². The third kappa shape index (κ3) is 2.76. The van der Waals surface area contributed by atoms with Gasteiger partial charge < -0.3 is 10.8 Å². The molecule has 2 nitrogen and oxygen atoms in total. The summed E-state index contributed by atoms with van der Waals surface area (Å²) >= 11 is 0. The van der Waals surface area contributed by atoms with Crippen LogP contribution in [0.3, 0.4) is 0 Å². The molecule has 0 bridgehead atoms. The fourth-order valence-corrected chi connectivity index (χ4v) is 1.93.